The Morgan fingerprint density at radius 1 is 0.532 bits per heavy atom. The van der Waals surface area contributed by atoms with Gasteiger partial charge < -0.3 is 95.2 Å². The van der Waals surface area contributed by atoms with Crippen LogP contribution in [0.1, 0.15) is 214 Å². The molecule has 0 unspecified atom stereocenters. The first-order valence-electron chi connectivity index (χ1n) is 46.6. The van der Waals surface area contributed by atoms with Gasteiger partial charge in [-0.3, -0.25) is 19.4 Å². The summed E-state index contributed by atoms with van der Waals surface area (Å²) in [5.41, 5.74) is 1.00. The van der Waals surface area contributed by atoms with Crippen molar-refractivity contribution in [3.05, 3.63) is 149 Å². The fourth-order valence-electron chi connectivity index (χ4n) is 13.3. The Hall–Kier alpha value is -7.18. The number of rotatable bonds is 20. The van der Waals surface area contributed by atoms with Crippen molar-refractivity contribution in [3.8, 4) is 6.07 Å². The molecule has 5 aliphatic heterocycles. The van der Waals surface area contributed by atoms with Gasteiger partial charge in [-0.2, -0.15) is 5.26 Å². The minimum atomic E-state index is -0.962. The zero-order chi connectivity index (χ0) is 104. The van der Waals surface area contributed by atoms with Gasteiger partial charge in [0.25, 0.3) is 6.47 Å². The third-order valence-electron chi connectivity index (χ3n) is 18.9. The van der Waals surface area contributed by atoms with E-state index in [9.17, 15) is 43.2 Å². The van der Waals surface area contributed by atoms with Gasteiger partial charge in [-0.1, -0.05) is 149 Å². The summed E-state index contributed by atoms with van der Waals surface area (Å²) in [7, 11) is 15.8. The summed E-state index contributed by atoms with van der Waals surface area (Å²) in [5.74, 6) is -0.372. The maximum atomic E-state index is 12.7. The molecule has 0 bridgehead atoms. The van der Waals surface area contributed by atoms with Crippen molar-refractivity contribution in [3.63, 3.8) is 0 Å². The van der Waals surface area contributed by atoms with E-state index in [4.69, 9.17) is 66.5 Å². The second-order valence-electron chi connectivity index (χ2n) is 37.2. The zero-order valence-electron chi connectivity index (χ0n) is 88.9. The molecular weight excluding hydrogens is 2000 g/mol. The standard InChI is InChI=1S/C22H38N6O4.C16H22N2O3.C16H24N2O2.C15H22ClN3O4.C14H17NO4.C7H17N3.C3H8.C2H3N.CH3I.CH2O3.2CH4.2K.H/c1-21(2,3)31-19(29)28(20(30)32-22(4,5)6)13-16-11-24-18(25-12-16)27-10-9-23-17(15-27)14-26(7)8;1-17(2)15(19)14-10-6-7-11-18(14)16(20)21-12-13-8-4-3-5-9-13;1-17(2)12-15-10-6-7-11-18(15)16(19)20-13-14-8-4-3-5-9-14;1-14(2,3)22-12(20)19(13(21)23-15(4,5)6)9-10-7-17-11(16)18-8-10;16-13(17)12-8-4-5-9-15(12)14(18)19-10-11-6-2-1-3-7-11;1-10(2)6-7-5-8-3-4-9-7;1-3-2;1-2-3;1-2;2-1-4-3;;;;;/h11-12,17,23H,9-10,13-15H2,1-8H3;3-5,8-9,14H,6-7,10-12H2,1-2H3;3-5,8-9,15H,6-7,10-13H2,1-2H3;7-8H,9H2,1-6H3;1-3,6-7,12H,4-5,8-10H2,(H,16,17);7-9H,3-6H2,1-2H3;3H2,1-2H3;1H3;1H3;1,3H;2*1H4;;;/q;;;;;;;;;;;;2*+1;-1/p-1/t17-;14-;15-;;12-;7-;;;;;;;;;/m011.11........./s1/i;;;;;;;;1D;;;;;;. The first-order valence-corrected chi connectivity index (χ1v) is 47.8. The Labute approximate surface area is 946 Å². The van der Waals surface area contributed by atoms with Gasteiger partial charge in [-0.05, 0) is 216 Å². The SMILES string of the molecule is C.C.CC#N.CC(C)(C)OC(=O)N(Cc1cnc(Cl)nc1)C(=O)OC(C)(C)C.CCC.CN(C)C(=O)[C@H]1CCCCN1C(=O)OCc1ccccc1.CN(C)C[C@H]1CCCCN1C(=O)OCc1ccccc1.CN(C)C[C@H]1CN(c2ncc(CN(C(=O)OC(C)(C)C)C(=O)OC(C)(C)C)cn2)CCN1.CN(C)C[C@H]1CNCCN1.O=C(O)[C@H]1CCCCN1C(=O)OCc1ccccc1.O=CO[O-].[2H]CI.[H-].[K+].[K+]. The maximum Gasteiger partial charge on any atom is 1.00 e. The van der Waals surface area contributed by atoms with Gasteiger partial charge >= 0.3 is 151 Å². The summed E-state index contributed by atoms with van der Waals surface area (Å²) >= 11 is 7.58. The molecular formula is C99H164ClIK2N18O20. The van der Waals surface area contributed by atoms with Gasteiger partial charge in [0.1, 0.15) is 54.3 Å². The maximum absolute atomic E-state index is 12.7. The van der Waals surface area contributed by atoms with E-state index in [2.05, 4.69) is 88.3 Å². The monoisotopic (exact) mass is 2170 g/mol. The fourth-order valence-corrected chi connectivity index (χ4v) is 13.4. The number of halogens is 2. The van der Waals surface area contributed by atoms with Crippen LogP contribution in [0, 0.1) is 11.3 Å². The Kier molecular flexibility index (Phi) is 75.6. The molecule has 5 atom stereocenters. The summed E-state index contributed by atoms with van der Waals surface area (Å²) in [4.78, 5) is 155. The second kappa shape index (κ2) is 77.3. The van der Waals surface area contributed by atoms with E-state index >= 15 is 0 Å². The molecule has 38 nitrogen and oxygen atoms in total. The third-order valence-corrected chi connectivity index (χ3v) is 19.1. The van der Waals surface area contributed by atoms with Gasteiger partial charge in [0.05, 0.1) is 19.2 Å². The molecule has 0 aliphatic carbocycles. The Morgan fingerprint density at radius 3 is 1.19 bits per heavy atom. The van der Waals surface area contributed by atoms with Crippen molar-refractivity contribution in [1.82, 2.24) is 80.0 Å². The molecule has 0 radical (unpaired) electrons. The number of alkyl halides is 1. The number of piperidine rings is 3. The van der Waals surface area contributed by atoms with Gasteiger partial charge in [-0.25, -0.2) is 68.1 Å². The van der Waals surface area contributed by atoms with E-state index in [1.165, 1.54) is 42.0 Å². The summed E-state index contributed by atoms with van der Waals surface area (Å²) in [6.45, 7) is 37.5. The van der Waals surface area contributed by atoms with Crippen molar-refractivity contribution < 1.29 is 202 Å². The zero-order valence-corrected chi connectivity index (χ0v) is 96.1. The predicted molar refractivity (Wildman–Crippen MR) is 548 cm³/mol. The van der Waals surface area contributed by atoms with Crippen LogP contribution < -0.4 is 129 Å². The number of aliphatic carboxylic acids is 1. The van der Waals surface area contributed by atoms with Crippen LogP contribution in [0.15, 0.2) is 116 Å². The number of amides is 8. The molecule has 0 spiro atoms. The van der Waals surface area contributed by atoms with E-state index in [1.54, 1.807) is 121 Å². The molecule has 141 heavy (non-hydrogen) atoms. The average molecular weight is 2170 g/mol. The number of imide groups is 2. The minimum absolute atomic E-state index is 0. The van der Waals surface area contributed by atoms with Crippen molar-refractivity contribution in [2.24, 2.45) is 0 Å². The summed E-state index contributed by atoms with van der Waals surface area (Å²) < 4.78 is 43.5. The molecule has 7 heterocycles. The Morgan fingerprint density at radius 2 is 0.858 bits per heavy atom. The van der Waals surface area contributed by atoms with Crippen LogP contribution in [0.3, 0.4) is 0 Å². The smallest absolute Gasteiger partial charge is 1.00 e. The van der Waals surface area contributed by atoms with E-state index < -0.39 is 77.0 Å². The van der Waals surface area contributed by atoms with Gasteiger partial charge in [-0.15, -0.1) is 0 Å². The van der Waals surface area contributed by atoms with E-state index in [1.807, 2.05) is 147 Å². The van der Waals surface area contributed by atoms with E-state index in [0.717, 1.165) is 130 Å². The minimum Gasteiger partial charge on any atom is -1.00 e. The second-order valence-corrected chi connectivity index (χ2v) is 37.5. The number of likely N-dealkylation sites (tertiary alicyclic amines) is 3. The average Bonchev–Trinajstić information content (AvgIpc) is 0.821. The first-order chi connectivity index (χ1) is 65.0. The predicted octanol–water partition coefficient (Wildman–Crippen LogP) is 9.49. The van der Waals surface area contributed by atoms with Crippen LogP contribution in [0.25, 0.3) is 0 Å². The number of aromatic nitrogens is 4. The fraction of sp³-hybridized carbons (Fsp3) is 0.626. The van der Waals surface area contributed by atoms with E-state index in [-0.39, 0.29) is 175 Å². The molecule has 0 saturated carbocycles. The molecule has 10 rings (SSSR count). The summed E-state index contributed by atoms with van der Waals surface area (Å²) in [6.07, 6.45) is 11.2. The molecule has 5 saturated heterocycles. The van der Waals surface area contributed by atoms with Crippen LogP contribution in [0.2, 0.25) is 5.28 Å². The number of anilines is 1. The van der Waals surface area contributed by atoms with Gasteiger partial charge in [0, 0.05) is 155 Å². The molecule has 5 aromatic rings. The van der Waals surface area contributed by atoms with Crippen molar-refractivity contribution in [2.75, 3.05) is 145 Å². The number of ether oxygens (including phenoxy) is 7. The largest absolute Gasteiger partial charge is 1.00 e. The number of hydrogen-bond donors (Lipinski definition) is 4. The number of nitrogens with zero attached hydrogens (tertiary/aromatic N) is 15. The molecule has 5 aliphatic rings. The van der Waals surface area contributed by atoms with E-state index in [0.29, 0.717) is 66.6 Å². The van der Waals surface area contributed by atoms with Crippen LogP contribution in [0.4, 0.5) is 39.5 Å². The Balaban J connectivity index is -0.000000525. The van der Waals surface area contributed by atoms with Crippen molar-refractivity contribution >= 4 is 101 Å². The topological polar surface area (TPSA) is 432 Å². The number of carboxylic acids is 1. The number of piperazine rings is 2. The Bertz CT molecular complexity index is 4270. The van der Waals surface area contributed by atoms with Crippen molar-refractivity contribution in [2.45, 2.75) is 268 Å². The molecule has 8 amide bonds. The molecule has 5 fully saturated rings. The van der Waals surface area contributed by atoms with Gasteiger partial charge in [0.2, 0.25) is 17.1 Å². The molecule has 42 heteroatoms. The number of nitrogens with one attached hydrogen (secondary N) is 3. The summed E-state index contributed by atoms with van der Waals surface area (Å²) in [5, 5.41) is 35.2. The van der Waals surface area contributed by atoms with Crippen LogP contribution in [-0.4, -0.2) is 323 Å². The number of carbonyl (C=O) groups excluding carboxylic acids is 9. The molecule has 4 N–H and O–H groups in total. The number of nitriles is 1. The molecule has 2 aromatic heterocycles. The number of carbonyl (C=O) groups is 10. The number of benzene rings is 3. The first kappa shape index (κ1) is 138. The third kappa shape index (κ3) is 64.4. The van der Waals surface area contributed by atoms with Crippen LogP contribution in [-0.2, 0) is 85.3 Å². The number of hydrogen-bond acceptors (Lipinski definition) is 31. The van der Waals surface area contributed by atoms with Crippen LogP contribution >= 0.6 is 34.2 Å². The van der Waals surface area contributed by atoms with Gasteiger partial charge in [0.15, 0.2) is 0 Å². The molecule has 3 aromatic carbocycles. The van der Waals surface area contributed by atoms with Crippen LogP contribution in [0.5, 0.6) is 0 Å². The normalized spacial score (nSPS) is 16.2. The number of likely N-dealkylation sites (N-methyl/N-ethyl adjacent to an activating group) is 4. The molecule has 786 valence electrons. The van der Waals surface area contributed by atoms with Crippen molar-refractivity contribution in [1.29, 1.82) is 5.26 Å². The quantitative estimate of drug-likeness (QED) is 0.00823. The number of carboxylic acid groups (broad SMARTS) is 1. The summed E-state index contributed by atoms with van der Waals surface area (Å²) in [6, 6.07) is 30.6.